The minimum Gasteiger partial charge on any atom is -0.481 e. The smallest absolute Gasteiger partial charge is 0.348 e. The molecule has 0 saturated carbocycles. The third kappa shape index (κ3) is 4.95. The average Bonchev–Trinajstić information content (AvgIpc) is 2.95. The second-order valence-electron chi connectivity index (χ2n) is 4.96. The monoisotopic (exact) mass is 350 g/mol. The number of fused-ring (bicyclic) bond motifs is 1. The molecule has 2 amide bonds. The van der Waals surface area contributed by atoms with E-state index in [1.807, 2.05) is 6.07 Å². The molecule has 128 valence electrons. The first kappa shape index (κ1) is 17.7. The average molecular weight is 350 g/mol. The van der Waals surface area contributed by atoms with Crippen LogP contribution in [0.15, 0.2) is 24.3 Å². The Labute approximate surface area is 142 Å². The molecule has 0 spiro atoms. The number of nitrogens with one attached hydrogen (secondary N) is 2. The normalized spacial score (nSPS) is 10.4. The van der Waals surface area contributed by atoms with Gasteiger partial charge < -0.3 is 20.5 Å². The summed E-state index contributed by atoms with van der Waals surface area (Å²) >= 11 is 1.33. The van der Waals surface area contributed by atoms with Crippen molar-refractivity contribution in [3.63, 3.8) is 0 Å². The molecule has 8 heteroatoms. The van der Waals surface area contributed by atoms with E-state index >= 15 is 0 Å². The predicted molar refractivity (Wildman–Crippen MR) is 91.7 cm³/mol. The maximum Gasteiger partial charge on any atom is 0.348 e. The Morgan fingerprint density at radius 1 is 1.25 bits per heavy atom. The summed E-state index contributed by atoms with van der Waals surface area (Å²) in [5, 5.41) is 14.6. The summed E-state index contributed by atoms with van der Waals surface area (Å²) in [4.78, 5) is 34.4. The van der Waals surface area contributed by atoms with Gasteiger partial charge >= 0.3 is 18.0 Å². The highest BCUT2D eigenvalue weighted by Crippen LogP contribution is 2.28. The molecule has 1 heterocycles. The van der Waals surface area contributed by atoms with Gasteiger partial charge in [0.15, 0.2) is 0 Å². The molecule has 24 heavy (non-hydrogen) atoms. The van der Waals surface area contributed by atoms with Gasteiger partial charge in [-0.05, 0) is 43.0 Å². The molecule has 7 nitrogen and oxygen atoms in total. The molecule has 0 unspecified atom stereocenters. The van der Waals surface area contributed by atoms with Crippen molar-refractivity contribution in [1.29, 1.82) is 0 Å². The molecule has 0 bridgehead atoms. The van der Waals surface area contributed by atoms with E-state index in [4.69, 9.17) is 9.84 Å². The summed E-state index contributed by atoms with van der Waals surface area (Å²) in [7, 11) is 0. The van der Waals surface area contributed by atoms with Crippen molar-refractivity contribution < 1.29 is 24.2 Å². The molecule has 0 fully saturated rings. The zero-order valence-corrected chi connectivity index (χ0v) is 13.9. The van der Waals surface area contributed by atoms with Gasteiger partial charge in [-0.1, -0.05) is 0 Å². The number of hydrogen-bond donors (Lipinski definition) is 3. The first-order valence-electron chi connectivity index (χ1n) is 7.47. The highest BCUT2D eigenvalue weighted by atomic mass is 32.1. The van der Waals surface area contributed by atoms with Gasteiger partial charge in [-0.3, -0.25) is 4.79 Å². The van der Waals surface area contributed by atoms with Gasteiger partial charge in [0.05, 0.1) is 6.61 Å². The van der Waals surface area contributed by atoms with Crippen molar-refractivity contribution in [3.05, 3.63) is 29.1 Å². The number of carbonyl (C=O) groups excluding carboxylic acids is 2. The molecule has 2 aromatic rings. The van der Waals surface area contributed by atoms with Gasteiger partial charge in [0, 0.05) is 23.4 Å². The maximum atomic E-state index is 11.8. The minimum absolute atomic E-state index is 0.0117. The van der Waals surface area contributed by atoms with Crippen molar-refractivity contribution in [3.8, 4) is 0 Å². The number of urea groups is 1. The van der Waals surface area contributed by atoms with Crippen LogP contribution in [0, 0.1) is 0 Å². The van der Waals surface area contributed by atoms with Crippen molar-refractivity contribution in [2.24, 2.45) is 0 Å². The molecule has 3 N–H and O–H groups in total. The van der Waals surface area contributed by atoms with E-state index in [9.17, 15) is 14.4 Å². The number of thiophene rings is 1. The van der Waals surface area contributed by atoms with Gasteiger partial charge in [0.1, 0.15) is 4.88 Å². The lowest BCUT2D eigenvalue weighted by Crippen LogP contribution is -2.29. The van der Waals surface area contributed by atoms with Crippen LogP contribution in [0.4, 0.5) is 10.5 Å². The fourth-order valence-corrected chi connectivity index (χ4v) is 2.98. The Bertz CT molecular complexity index is 756. The van der Waals surface area contributed by atoms with Crippen LogP contribution >= 0.6 is 11.3 Å². The number of esters is 1. The lowest BCUT2D eigenvalue weighted by molar-refractivity contribution is -0.137. The van der Waals surface area contributed by atoms with Crippen molar-refractivity contribution >= 4 is 45.1 Å². The van der Waals surface area contributed by atoms with Gasteiger partial charge in [0.2, 0.25) is 0 Å². The number of hydrogen-bond acceptors (Lipinski definition) is 5. The number of anilines is 1. The van der Waals surface area contributed by atoms with E-state index in [-0.39, 0.29) is 18.9 Å². The maximum absolute atomic E-state index is 11.8. The van der Waals surface area contributed by atoms with Crippen LogP contribution in [-0.4, -0.2) is 36.2 Å². The van der Waals surface area contributed by atoms with Crippen LogP contribution in [0.25, 0.3) is 10.1 Å². The van der Waals surface area contributed by atoms with Crippen LogP contribution in [0.5, 0.6) is 0 Å². The van der Waals surface area contributed by atoms with Gasteiger partial charge in [0.25, 0.3) is 0 Å². The molecule has 1 aromatic carbocycles. The number of rotatable bonds is 7. The van der Waals surface area contributed by atoms with Crippen LogP contribution < -0.4 is 10.6 Å². The third-order valence-corrected chi connectivity index (χ3v) is 4.20. The standard InChI is InChI=1S/C16H18N2O5S/c1-2-23-15(21)13-9-10-8-11(5-6-12(10)24-13)18-16(22)17-7-3-4-14(19)20/h5-6,8-9H,2-4,7H2,1H3,(H,19,20)(H2,17,18,22). The highest BCUT2D eigenvalue weighted by Gasteiger charge is 2.12. The first-order valence-corrected chi connectivity index (χ1v) is 8.28. The lowest BCUT2D eigenvalue weighted by Gasteiger charge is -2.07. The largest absolute Gasteiger partial charge is 0.481 e. The number of ether oxygens (including phenoxy) is 1. The Kier molecular flexibility index (Phi) is 6.14. The summed E-state index contributed by atoms with van der Waals surface area (Å²) in [5.41, 5.74) is 0.589. The fraction of sp³-hybridized carbons (Fsp3) is 0.312. The number of carbonyl (C=O) groups is 3. The molecular formula is C16H18N2O5S. The van der Waals surface area contributed by atoms with Crippen molar-refractivity contribution in [2.75, 3.05) is 18.5 Å². The third-order valence-electron chi connectivity index (χ3n) is 3.10. The Balaban J connectivity index is 1.96. The Morgan fingerprint density at radius 3 is 2.75 bits per heavy atom. The summed E-state index contributed by atoms with van der Waals surface area (Å²) in [6, 6.07) is 6.66. The number of carboxylic acids is 1. The topological polar surface area (TPSA) is 105 Å². The molecular weight excluding hydrogens is 332 g/mol. The first-order chi connectivity index (χ1) is 11.5. The van der Waals surface area contributed by atoms with E-state index in [1.165, 1.54) is 11.3 Å². The van der Waals surface area contributed by atoms with Gasteiger partial charge in [-0.2, -0.15) is 0 Å². The molecule has 0 aliphatic carbocycles. The lowest BCUT2D eigenvalue weighted by atomic mass is 10.2. The zero-order chi connectivity index (χ0) is 17.5. The van der Waals surface area contributed by atoms with Crippen molar-refractivity contribution in [1.82, 2.24) is 5.32 Å². The molecule has 1 aromatic heterocycles. The van der Waals surface area contributed by atoms with E-state index in [0.29, 0.717) is 23.6 Å². The van der Waals surface area contributed by atoms with Crippen molar-refractivity contribution in [2.45, 2.75) is 19.8 Å². The van der Waals surface area contributed by atoms with E-state index in [2.05, 4.69) is 10.6 Å². The van der Waals surface area contributed by atoms with E-state index < -0.39 is 12.0 Å². The Hall–Kier alpha value is -2.61. The summed E-state index contributed by atoms with van der Waals surface area (Å²) in [5.74, 6) is -1.25. The van der Waals surface area contributed by atoms with Crippen LogP contribution in [0.1, 0.15) is 29.4 Å². The molecule has 0 atom stereocenters. The Morgan fingerprint density at radius 2 is 2.04 bits per heavy atom. The van der Waals surface area contributed by atoms with Gasteiger partial charge in [-0.25, -0.2) is 9.59 Å². The number of amides is 2. The highest BCUT2D eigenvalue weighted by molar-refractivity contribution is 7.20. The fourth-order valence-electron chi connectivity index (χ4n) is 2.04. The molecule has 0 saturated heterocycles. The second kappa shape index (κ2) is 8.30. The molecule has 0 aliphatic rings. The SMILES string of the molecule is CCOC(=O)c1cc2cc(NC(=O)NCCCC(=O)O)ccc2s1. The predicted octanol–water partition coefficient (Wildman–Crippen LogP) is 3.06. The van der Waals surface area contributed by atoms with Crippen LogP contribution in [-0.2, 0) is 9.53 Å². The number of aliphatic carboxylic acids is 1. The number of carboxylic acid groups (broad SMARTS) is 1. The van der Waals surface area contributed by atoms with E-state index in [0.717, 1.165) is 10.1 Å². The molecule has 0 aliphatic heterocycles. The molecule has 0 radical (unpaired) electrons. The molecule has 2 rings (SSSR count). The summed E-state index contributed by atoms with van der Waals surface area (Å²) in [6.45, 7) is 2.36. The minimum atomic E-state index is -0.891. The zero-order valence-electron chi connectivity index (χ0n) is 13.1. The van der Waals surface area contributed by atoms with Gasteiger partial charge in [-0.15, -0.1) is 11.3 Å². The summed E-state index contributed by atoms with van der Waals surface area (Å²) in [6.07, 6.45) is 0.382. The quantitative estimate of drug-likeness (QED) is 0.526. The summed E-state index contributed by atoms with van der Waals surface area (Å²) < 4.78 is 5.90. The van der Waals surface area contributed by atoms with E-state index in [1.54, 1.807) is 25.1 Å². The number of benzene rings is 1. The van der Waals surface area contributed by atoms with Crippen LogP contribution in [0.2, 0.25) is 0 Å². The van der Waals surface area contributed by atoms with Crippen LogP contribution in [0.3, 0.4) is 0 Å². The second-order valence-corrected chi connectivity index (χ2v) is 6.05.